The molecule has 1 saturated heterocycles. The molecule has 0 radical (unpaired) electrons. The molecule has 0 saturated carbocycles. The van der Waals surface area contributed by atoms with Gasteiger partial charge in [0.2, 0.25) is 0 Å². The van der Waals surface area contributed by atoms with E-state index in [4.69, 9.17) is 0 Å². The van der Waals surface area contributed by atoms with Gasteiger partial charge in [-0.1, -0.05) is 20.8 Å². The Labute approximate surface area is 112 Å². The van der Waals surface area contributed by atoms with Gasteiger partial charge in [0.15, 0.2) is 0 Å². The van der Waals surface area contributed by atoms with E-state index >= 15 is 0 Å². The highest BCUT2D eigenvalue weighted by atomic mass is 32.2. The van der Waals surface area contributed by atoms with Crippen LogP contribution in [0.3, 0.4) is 0 Å². The van der Waals surface area contributed by atoms with Crippen LogP contribution in [0.4, 0.5) is 0 Å². The molecule has 1 heterocycles. The summed E-state index contributed by atoms with van der Waals surface area (Å²) in [6.07, 6.45) is 6.01. The highest BCUT2D eigenvalue weighted by molar-refractivity contribution is 7.99. The van der Waals surface area contributed by atoms with Crippen LogP contribution in [0.15, 0.2) is 0 Å². The predicted molar refractivity (Wildman–Crippen MR) is 79.9 cm³/mol. The summed E-state index contributed by atoms with van der Waals surface area (Å²) >= 11 is 1.98. The lowest BCUT2D eigenvalue weighted by Gasteiger charge is -2.46. The van der Waals surface area contributed by atoms with Crippen LogP contribution in [-0.2, 0) is 0 Å². The minimum absolute atomic E-state index is 0.370. The van der Waals surface area contributed by atoms with E-state index in [9.17, 15) is 0 Å². The van der Waals surface area contributed by atoms with Crippen LogP contribution in [0.1, 0.15) is 47.0 Å². The van der Waals surface area contributed by atoms with Crippen LogP contribution in [0.2, 0.25) is 0 Å². The lowest BCUT2D eigenvalue weighted by atomic mass is 9.88. The molecule has 1 rings (SSSR count). The normalized spacial score (nSPS) is 27.0. The van der Waals surface area contributed by atoms with Gasteiger partial charge in [-0.2, -0.15) is 11.8 Å². The van der Waals surface area contributed by atoms with Gasteiger partial charge in [-0.05, 0) is 39.0 Å². The summed E-state index contributed by atoms with van der Waals surface area (Å²) in [5.74, 6) is 0. The van der Waals surface area contributed by atoms with E-state index in [1.807, 2.05) is 11.8 Å². The first-order chi connectivity index (χ1) is 8.06. The average molecular weight is 258 g/mol. The largest absolute Gasteiger partial charge is 0.308 e. The topological polar surface area (TPSA) is 15.3 Å². The monoisotopic (exact) mass is 258 g/mol. The van der Waals surface area contributed by atoms with Gasteiger partial charge in [-0.3, -0.25) is 4.90 Å². The van der Waals surface area contributed by atoms with Gasteiger partial charge in [0.05, 0.1) is 0 Å². The number of nitrogens with one attached hydrogen (secondary N) is 1. The minimum Gasteiger partial charge on any atom is -0.308 e. The zero-order chi connectivity index (χ0) is 12.9. The Morgan fingerprint density at radius 1 is 1.41 bits per heavy atom. The number of rotatable bonds is 6. The summed E-state index contributed by atoms with van der Waals surface area (Å²) in [7, 11) is 0. The van der Waals surface area contributed by atoms with Crippen molar-refractivity contribution in [1.29, 1.82) is 0 Å². The van der Waals surface area contributed by atoms with E-state index in [1.54, 1.807) is 0 Å². The molecular weight excluding hydrogens is 228 g/mol. The van der Waals surface area contributed by atoms with Gasteiger partial charge in [0.1, 0.15) is 0 Å². The fraction of sp³-hybridized carbons (Fsp3) is 1.00. The van der Waals surface area contributed by atoms with Crippen molar-refractivity contribution in [2.24, 2.45) is 0 Å². The van der Waals surface area contributed by atoms with Gasteiger partial charge < -0.3 is 5.32 Å². The van der Waals surface area contributed by atoms with E-state index in [2.05, 4.69) is 44.2 Å². The van der Waals surface area contributed by atoms with Crippen molar-refractivity contribution >= 4 is 11.8 Å². The molecule has 0 amide bonds. The Morgan fingerprint density at radius 2 is 2.06 bits per heavy atom. The highest BCUT2D eigenvalue weighted by Gasteiger charge is 2.34. The summed E-state index contributed by atoms with van der Waals surface area (Å²) in [6, 6.07) is 0.690. The van der Waals surface area contributed by atoms with Crippen molar-refractivity contribution in [3.63, 3.8) is 0 Å². The Hall–Kier alpha value is 0.270. The number of thioether (sulfide) groups is 1. The van der Waals surface area contributed by atoms with Crippen molar-refractivity contribution in [2.45, 2.75) is 63.8 Å². The van der Waals surface area contributed by atoms with Crippen LogP contribution in [0.5, 0.6) is 0 Å². The standard InChI is InChI=1S/C14H30N2S/c1-6-14(7-2)11-16(12(3)10-15-14)9-8-13(4)17-5/h12-13,15H,6-11H2,1-5H3. The summed E-state index contributed by atoms with van der Waals surface area (Å²) in [5.41, 5.74) is 0.370. The van der Waals surface area contributed by atoms with E-state index in [1.165, 1.54) is 32.4 Å². The first-order valence-corrected chi connectivity index (χ1v) is 8.37. The number of nitrogens with zero attached hydrogens (tertiary/aromatic N) is 1. The third kappa shape index (κ3) is 4.15. The van der Waals surface area contributed by atoms with Crippen LogP contribution in [-0.4, -0.2) is 47.6 Å². The lowest BCUT2D eigenvalue weighted by Crippen LogP contribution is -2.63. The van der Waals surface area contributed by atoms with Gasteiger partial charge in [0, 0.05) is 29.9 Å². The van der Waals surface area contributed by atoms with Gasteiger partial charge in [-0.25, -0.2) is 0 Å². The van der Waals surface area contributed by atoms with Crippen LogP contribution in [0.25, 0.3) is 0 Å². The van der Waals surface area contributed by atoms with E-state index < -0.39 is 0 Å². The second-order valence-electron chi connectivity index (χ2n) is 5.52. The first-order valence-electron chi connectivity index (χ1n) is 7.08. The molecule has 0 aromatic rings. The average Bonchev–Trinajstić information content (AvgIpc) is 2.38. The second-order valence-corrected chi connectivity index (χ2v) is 6.80. The molecule has 0 spiro atoms. The molecule has 2 unspecified atom stereocenters. The van der Waals surface area contributed by atoms with Crippen LogP contribution >= 0.6 is 11.8 Å². The third-order valence-electron chi connectivity index (χ3n) is 4.48. The molecule has 3 heteroatoms. The zero-order valence-electron chi connectivity index (χ0n) is 12.3. The predicted octanol–water partition coefficient (Wildman–Crippen LogP) is 2.98. The minimum atomic E-state index is 0.370. The molecule has 17 heavy (non-hydrogen) atoms. The summed E-state index contributed by atoms with van der Waals surface area (Å²) in [5, 5.41) is 4.55. The van der Waals surface area contributed by atoms with Crippen LogP contribution < -0.4 is 5.32 Å². The number of hydrogen-bond acceptors (Lipinski definition) is 3. The highest BCUT2D eigenvalue weighted by Crippen LogP contribution is 2.23. The van der Waals surface area contributed by atoms with Gasteiger partial charge in [-0.15, -0.1) is 0 Å². The molecule has 1 fully saturated rings. The van der Waals surface area contributed by atoms with E-state index in [0.717, 1.165) is 11.8 Å². The first kappa shape index (κ1) is 15.3. The fourth-order valence-corrected chi connectivity index (χ4v) is 2.92. The zero-order valence-corrected chi connectivity index (χ0v) is 13.1. The summed E-state index contributed by atoms with van der Waals surface area (Å²) in [4.78, 5) is 2.69. The maximum Gasteiger partial charge on any atom is 0.0304 e. The Kier molecular flexibility index (Phi) is 6.32. The second kappa shape index (κ2) is 7.01. The van der Waals surface area contributed by atoms with Crippen molar-refractivity contribution in [2.75, 3.05) is 25.9 Å². The smallest absolute Gasteiger partial charge is 0.0304 e. The van der Waals surface area contributed by atoms with Gasteiger partial charge in [0.25, 0.3) is 0 Å². The Balaban J connectivity index is 2.51. The number of hydrogen-bond donors (Lipinski definition) is 1. The quantitative estimate of drug-likeness (QED) is 0.788. The van der Waals surface area contributed by atoms with E-state index in [-0.39, 0.29) is 0 Å². The molecule has 2 atom stereocenters. The van der Waals surface area contributed by atoms with E-state index in [0.29, 0.717) is 11.6 Å². The Morgan fingerprint density at radius 3 is 2.59 bits per heavy atom. The van der Waals surface area contributed by atoms with Crippen molar-refractivity contribution < 1.29 is 0 Å². The van der Waals surface area contributed by atoms with Crippen LogP contribution in [0, 0.1) is 0 Å². The number of piperazine rings is 1. The fourth-order valence-electron chi connectivity index (χ4n) is 2.58. The molecule has 1 N–H and O–H groups in total. The third-order valence-corrected chi connectivity index (χ3v) is 5.52. The molecule has 1 aliphatic heterocycles. The molecule has 0 aromatic heterocycles. The molecule has 2 nitrogen and oxygen atoms in total. The molecule has 102 valence electrons. The molecule has 1 aliphatic rings. The van der Waals surface area contributed by atoms with Gasteiger partial charge >= 0.3 is 0 Å². The van der Waals surface area contributed by atoms with Crippen molar-refractivity contribution in [3.8, 4) is 0 Å². The van der Waals surface area contributed by atoms with Crippen molar-refractivity contribution in [3.05, 3.63) is 0 Å². The maximum absolute atomic E-state index is 3.77. The SMILES string of the molecule is CCC1(CC)CN(CCC(C)SC)C(C)CN1. The molecule has 0 aliphatic carbocycles. The summed E-state index contributed by atoms with van der Waals surface area (Å²) in [6.45, 7) is 12.9. The lowest BCUT2D eigenvalue weighted by molar-refractivity contribution is 0.0800. The Bertz CT molecular complexity index is 216. The van der Waals surface area contributed by atoms with Crippen molar-refractivity contribution in [1.82, 2.24) is 10.2 Å². The molecule has 0 bridgehead atoms. The molecular formula is C14H30N2S. The molecule has 0 aromatic carbocycles. The maximum atomic E-state index is 3.77. The summed E-state index contributed by atoms with van der Waals surface area (Å²) < 4.78 is 0.